The molecule has 30 heavy (non-hydrogen) atoms. The summed E-state index contributed by atoms with van der Waals surface area (Å²) >= 11 is 7.19. The Morgan fingerprint density at radius 1 is 1.30 bits per heavy atom. The van der Waals surface area contributed by atoms with Gasteiger partial charge in [0.25, 0.3) is 11.8 Å². The average molecular weight is 532 g/mol. The molecule has 0 spiro atoms. The van der Waals surface area contributed by atoms with Gasteiger partial charge in [-0.25, -0.2) is 4.79 Å². The van der Waals surface area contributed by atoms with Gasteiger partial charge in [-0.05, 0) is 76.8 Å². The molecule has 0 aromatic heterocycles. The smallest absolute Gasteiger partial charge is 0.335 e. The molecule has 2 aromatic rings. The van der Waals surface area contributed by atoms with Crippen LogP contribution in [0.5, 0.6) is 5.75 Å². The van der Waals surface area contributed by atoms with Crippen molar-refractivity contribution in [1.82, 2.24) is 5.32 Å². The number of nitrogens with one attached hydrogen (secondary N) is 1. The molecule has 7 nitrogen and oxygen atoms in total. The van der Waals surface area contributed by atoms with Crippen LogP contribution in [0.4, 0.5) is 5.69 Å². The first-order valence-corrected chi connectivity index (χ1v) is 9.91. The minimum Gasteiger partial charge on any atom is -0.480 e. The Bertz CT molecular complexity index is 1150. The van der Waals surface area contributed by atoms with Gasteiger partial charge in [-0.1, -0.05) is 18.1 Å². The van der Waals surface area contributed by atoms with E-state index >= 15 is 0 Å². The summed E-state index contributed by atoms with van der Waals surface area (Å²) in [4.78, 5) is 37.8. The van der Waals surface area contributed by atoms with Gasteiger partial charge in [0.2, 0.25) is 0 Å². The molecule has 0 radical (unpaired) electrons. The van der Waals surface area contributed by atoms with Gasteiger partial charge < -0.3 is 9.84 Å². The first-order chi connectivity index (χ1) is 14.3. The van der Waals surface area contributed by atoms with Crippen molar-refractivity contribution in [2.24, 2.45) is 0 Å². The number of carbonyl (C=O) groups excluding carboxylic acids is 2. The summed E-state index contributed by atoms with van der Waals surface area (Å²) in [5.41, 5.74) is 0.682. The maximum absolute atomic E-state index is 13.0. The zero-order valence-corrected chi connectivity index (χ0v) is 18.2. The molecule has 2 amide bonds. The highest BCUT2D eigenvalue weighted by atomic mass is 127. The van der Waals surface area contributed by atoms with E-state index in [2.05, 4.69) is 33.8 Å². The highest BCUT2D eigenvalue weighted by Crippen LogP contribution is 2.26. The van der Waals surface area contributed by atoms with Crippen molar-refractivity contribution in [3.8, 4) is 18.1 Å². The molecular weight excluding hydrogens is 519 g/mol. The van der Waals surface area contributed by atoms with Gasteiger partial charge >= 0.3 is 5.97 Å². The van der Waals surface area contributed by atoms with E-state index in [1.165, 1.54) is 30.3 Å². The Morgan fingerprint density at radius 3 is 2.73 bits per heavy atom. The second-order valence-corrected chi connectivity index (χ2v) is 7.54. The van der Waals surface area contributed by atoms with E-state index in [0.717, 1.165) is 8.47 Å². The maximum atomic E-state index is 13.0. The summed E-state index contributed by atoms with van der Waals surface area (Å²) in [5, 5.41) is 11.5. The van der Waals surface area contributed by atoms with Crippen LogP contribution in [-0.2, 0) is 9.59 Å². The lowest BCUT2D eigenvalue weighted by Crippen LogP contribution is -2.54. The number of thiocarbonyl (C=S) groups is 1. The number of aromatic carboxylic acids is 1. The van der Waals surface area contributed by atoms with Crippen LogP contribution in [0.25, 0.3) is 6.08 Å². The fourth-order valence-electron chi connectivity index (χ4n) is 2.68. The third kappa shape index (κ3) is 4.50. The molecule has 0 aliphatic carbocycles. The van der Waals surface area contributed by atoms with Crippen LogP contribution in [0.15, 0.2) is 48.0 Å². The third-order valence-electron chi connectivity index (χ3n) is 4.03. The Labute approximate surface area is 190 Å². The Balaban J connectivity index is 1.96. The number of carboxylic acid groups (broad SMARTS) is 1. The van der Waals surface area contributed by atoms with Crippen molar-refractivity contribution < 1.29 is 24.2 Å². The van der Waals surface area contributed by atoms with Crippen molar-refractivity contribution >= 4 is 69.5 Å². The number of benzene rings is 2. The Kier molecular flexibility index (Phi) is 6.49. The largest absolute Gasteiger partial charge is 0.480 e. The third-order valence-corrected chi connectivity index (χ3v) is 5.16. The number of carboxylic acids is 1. The summed E-state index contributed by atoms with van der Waals surface area (Å²) < 4.78 is 6.16. The highest BCUT2D eigenvalue weighted by molar-refractivity contribution is 14.1. The van der Waals surface area contributed by atoms with Gasteiger partial charge in [-0.2, -0.15) is 0 Å². The van der Waals surface area contributed by atoms with Crippen LogP contribution in [0.1, 0.15) is 15.9 Å². The number of carbonyl (C=O) groups is 3. The molecule has 1 aliphatic heterocycles. The van der Waals surface area contributed by atoms with E-state index in [0.29, 0.717) is 11.3 Å². The van der Waals surface area contributed by atoms with E-state index in [1.54, 1.807) is 18.2 Å². The zero-order valence-electron chi connectivity index (χ0n) is 15.2. The minimum absolute atomic E-state index is 0.0114. The van der Waals surface area contributed by atoms with Gasteiger partial charge in [0.05, 0.1) is 14.8 Å². The first-order valence-electron chi connectivity index (χ1n) is 8.42. The number of anilines is 1. The van der Waals surface area contributed by atoms with Crippen molar-refractivity contribution in [2.45, 2.75) is 0 Å². The SMILES string of the molecule is C#CCOc1ccc(C=C2C(=O)NC(=S)N(c3cccc(C(=O)O)c3)C2=O)cc1I. The summed E-state index contributed by atoms with van der Waals surface area (Å²) in [6.45, 7) is 0.124. The van der Waals surface area contributed by atoms with E-state index in [9.17, 15) is 19.5 Å². The van der Waals surface area contributed by atoms with Crippen LogP contribution in [0, 0.1) is 15.9 Å². The molecule has 1 heterocycles. The number of hydrogen-bond donors (Lipinski definition) is 2. The molecule has 0 atom stereocenters. The van der Waals surface area contributed by atoms with E-state index < -0.39 is 17.8 Å². The fraction of sp³-hybridized carbons (Fsp3) is 0.0476. The lowest BCUT2D eigenvalue weighted by atomic mass is 10.1. The molecule has 1 fully saturated rings. The van der Waals surface area contributed by atoms with Crippen molar-refractivity contribution in [2.75, 3.05) is 11.5 Å². The van der Waals surface area contributed by atoms with Gasteiger partial charge in [0.15, 0.2) is 5.11 Å². The quantitative estimate of drug-likeness (QED) is 0.202. The molecule has 9 heteroatoms. The highest BCUT2D eigenvalue weighted by Gasteiger charge is 2.34. The number of hydrogen-bond acceptors (Lipinski definition) is 5. The lowest BCUT2D eigenvalue weighted by Gasteiger charge is -2.29. The van der Waals surface area contributed by atoms with Crippen molar-refractivity contribution in [1.29, 1.82) is 0 Å². The number of rotatable bonds is 5. The number of nitrogens with zero attached hydrogens (tertiary/aromatic N) is 1. The number of terminal acetylenes is 1. The first kappa shape index (κ1) is 21.5. The van der Waals surface area contributed by atoms with Crippen LogP contribution in [0.2, 0.25) is 0 Å². The van der Waals surface area contributed by atoms with Crippen molar-refractivity contribution in [3.63, 3.8) is 0 Å². The van der Waals surface area contributed by atoms with Gasteiger partial charge in [0, 0.05) is 0 Å². The normalized spacial score (nSPS) is 15.0. The molecule has 0 unspecified atom stereocenters. The summed E-state index contributed by atoms with van der Waals surface area (Å²) in [5.74, 6) is 0.524. The summed E-state index contributed by atoms with van der Waals surface area (Å²) in [6.07, 6.45) is 6.62. The molecule has 1 saturated heterocycles. The number of amides is 2. The molecule has 0 bridgehead atoms. The standard InChI is InChI=1S/C21H13IN2O5S/c1-2-8-29-17-7-6-12(10-16(17)22)9-15-18(25)23-21(30)24(19(15)26)14-5-3-4-13(11-14)20(27)28/h1,3-7,9-11H,8H2,(H,27,28)(H,23,25,30). The van der Waals surface area contributed by atoms with Gasteiger partial charge in [-0.3, -0.25) is 19.8 Å². The number of ether oxygens (including phenoxy) is 1. The molecule has 150 valence electrons. The van der Waals surface area contributed by atoms with Gasteiger partial charge in [0.1, 0.15) is 17.9 Å². The Hall–Kier alpha value is -3.23. The number of halogens is 1. The minimum atomic E-state index is -1.14. The van der Waals surface area contributed by atoms with Crippen LogP contribution >= 0.6 is 34.8 Å². The summed E-state index contributed by atoms with van der Waals surface area (Å²) in [6, 6.07) is 10.8. The van der Waals surface area contributed by atoms with Crippen LogP contribution < -0.4 is 15.0 Å². The molecule has 2 aromatic carbocycles. The predicted molar refractivity (Wildman–Crippen MR) is 123 cm³/mol. The predicted octanol–water partition coefficient (Wildman–Crippen LogP) is 2.83. The Morgan fingerprint density at radius 2 is 2.07 bits per heavy atom. The molecule has 2 N–H and O–H groups in total. The molecule has 3 rings (SSSR count). The average Bonchev–Trinajstić information content (AvgIpc) is 2.70. The molecular formula is C21H13IN2O5S. The molecule has 0 saturated carbocycles. The molecule has 1 aliphatic rings. The maximum Gasteiger partial charge on any atom is 0.335 e. The fourth-order valence-corrected chi connectivity index (χ4v) is 3.66. The second kappa shape index (κ2) is 9.06. The van der Waals surface area contributed by atoms with Crippen molar-refractivity contribution in [3.05, 3.63) is 62.7 Å². The van der Waals surface area contributed by atoms with Crippen LogP contribution in [0.3, 0.4) is 0 Å². The monoisotopic (exact) mass is 532 g/mol. The van der Waals surface area contributed by atoms with Crippen LogP contribution in [-0.4, -0.2) is 34.6 Å². The van der Waals surface area contributed by atoms with E-state index in [-0.39, 0.29) is 28.5 Å². The second-order valence-electron chi connectivity index (χ2n) is 6.00. The lowest BCUT2D eigenvalue weighted by molar-refractivity contribution is -0.122. The topological polar surface area (TPSA) is 95.9 Å². The van der Waals surface area contributed by atoms with Gasteiger partial charge in [-0.15, -0.1) is 6.42 Å². The van der Waals surface area contributed by atoms with E-state index in [4.69, 9.17) is 23.4 Å². The summed E-state index contributed by atoms with van der Waals surface area (Å²) in [7, 11) is 0. The zero-order chi connectivity index (χ0) is 21.8. The van der Waals surface area contributed by atoms with E-state index in [1.807, 2.05) is 0 Å².